The molecule has 0 aliphatic heterocycles. The molecule has 0 saturated heterocycles. The minimum atomic E-state index is 0.686. The maximum atomic E-state index is 10.5. The Morgan fingerprint density at radius 3 is 3.08 bits per heavy atom. The van der Waals surface area contributed by atoms with Crippen LogP contribution in [0.5, 0.6) is 0 Å². The van der Waals surface area contributed by atoms with Crippen LogP contribution in [-0.2, 0) is 0 Å². The largest absolute Gasteiger partial charge is 0.297 e. The van der Waals surface area contributed by atoms with Gasteiger partial charge >= 0.3 is 0 Å². The highest BCUT2D eigenvalue weighted by Crippen LogP contribution is 2.24. The molecule has 1 heterocycles. The lowest BCUT2D eigenvalue weighted by Gasteiger charge is -1.89. The normalized spacial score (nSPS) is 10.4. The minimum absolute atomic E-state index is 0.686. The Morgan fingerprint density at radius 1 is 1.50 bits per heavy atom. The number of carbonyl (C=O) groups excluding carboxylic acids is 1. The summed E-state index contributed by atoms with van der Waals surface area (Å²) < 4.78 is 5.09. The molecule has 2 aromatic rings. The molecule has 0 aliphatic carbocycles. The fourth-order valence-electron chi connectivity index (χ4n) is 1.02. The van der Waals surface area contributed by atoms with Crippen LogP contribution in [0, 0.1) is 0 Å². The van der Waals surface area contributed by atoms with Gasteiger partial charge in [0.15, 0.2) is 6.29 Å². The first-order valence-corrected chi connectivity index (χ1v) is 4.88. The van der Waals surface area contributed by atoms with Crippen LogP contribution >= 0.6 is 27.5 Å². The molecule has 2 rings (SSSR count). The number of aldehydes is 1. The molecule has 1 aromatic heterocycles. The zero-order chi connectivity index (χ0) is 8.55. The number of rotatable bonds is 1. The van der Waals surface area contributed by atoms with Gasteiger partial charge in [-0.2, -0.15) is 4.37 Å². The van der Waals surface area contributed by atoms with Gasteiger partial charge in [-0.25, -0.2) is 0 Å². The lowest BCUT2D eigenvalue weighted by molar-refractivity contribution is 0.112. The van der Waals surface area contributed by atoms with Gasteiger partial charge < -0.3 is 0 Å². The van der Waals surface area contributed by atoms with E-state index in [2.05, 4.69) is 20.3 Å². The summed E-state index contributed by atoms with van der Waals surface area (Å²) in [4.78, 5) is 11.2. The third kappa shape index (κ3) is 1.17. The summed E-state index contributed by atoms with van der Waals surface area (Å²) in [5, 5.41) is 0.921. The molecule has 0 unspecified atom stereocenters. The molecule has 0 aliphatic rings. The van der Waals surface area contributed by atoms with Gasteiger partial charge in [-0.15, -0.1) is 0 Å². The predicted molar refractivity (Wildman–Crippen MR) is 52.7 cm³/mol. The van der Waals surface area contributed by atoms with Gasteiger partial charge in [0.05, 0.1) is 10.4 Å². The summed E-state index contributed by atoms with van der Waals surface area (Å²) in [6.07, 6.45) is 0.840. The molecule has 60 valence electrons. The van der Waals surface area contributed by atoms with Crippen molar-refractivity contribution in [1.82, 2.24) is 4.37 Å². The Balaban J connectivity index is 2.83. The SMILES string of the molecule is O=Cc1snc2ccc(Br)cc12. The van der Waals surface area contributed by atoms with Gasteiger partial charge in [0.25, 0.3) is 0 Å². The van der Waals surface area contributed by atoms with Crippen LogP contribution in [0.2, 0.25) is 0 Å². The van der Waals surface area contributed by atoms with Crippen LogP contribution in [0.15, 0.2) is 22.7 Å². The van der Waals surface area contributed by atoms with Crippen molar-refractivity contribution >= 4 is 44.7 Å². The Hall–Kier alpha value is -0.740. The summed E-state index contributed by atoms with van der Waals surface area (Å²) in [5.41, 5.74) is 0.880. The van der Waals surface area contributed by atoms with Crippen LogP contribution in [0.1, 0.15) is 9.67 Å². The fraction of sp³-hybridized carbons (Fsp3) is 0. The van der Waals surface area contributed by atoms with Crippen molar-refractivity contribution in [3.8, 4) is 0 Å². The van der Waals surface area contributed by atoms with E-state index >= 15 is 0 Å². The van der Waals surface area contributed by atoms with Crippen molar-refractivity contribution in [2.75, 3.05) is 0 Å². The topological polar surface area (TPSA) is 30.0 Å². The van der Waals surface area contributed by atoms with E-state index in [-0.39, 0.29) is 0 Å². The quantitative estimate of drug-likeness (QED) is 0.719. The predicted octanol–water partition coefficient (Wildman–Crippen LogP) is 2.87. The van der Waals surface area contributed by atoms with Crippen molar-refractivity contribution in [2.45, 2.75) is 0 Å². The zero-order valence-corrected chi connectivity index (χ0v) is 8.35. The smallest absolute Gasteiger partial charge is 0.162 e. The second-order valence-corrected chi connectivity index (χ2v) is 4.05. The van der Waals surface area contributed by atoms with E-state index in [1.54, 1.807) is 0 Å². The second kappa shape index (κ2) is 2.95. The lowest BCUT2D eigenvalue weighted by atomic mass is 10.2. The van der Waals surface area contributed by atoms with E-state index in [4.69, 9.17) is 0 Å². The summed E-state index contributed by atoms with van der Waals surface area (Å²) in [5.74, 6) is 0. The molecule has 0 amide bonds. The molecule has 4 heteroatoms. The van der Waals surface area contributed by atoms with Crippen LogP contribution < -0.4 is 0 Å². The first kappa shape index (κ1) is 7.89. The van der Waals surface area contributed by atoms with E-state index in [0.717, 1.165) is 21.7 Å². The molecule has 1 aromatic carbocycles. The third-order valence-electron chi connectivity index (χ3n) is 1.57. The monoisotopic (exact) mass is 241 g/mol. The highest BCUT2D eigenvalue weighted by Gasteiger charge is 2.04. The van der Waals surface area contributed by atoms with Gasteiger partial charge in [0, 0.05) is 9.86 Å². The van der Waals surface area contributed by atoms with Gasteiger partial charge in [-0.1, -0.05) is 15.9 Å². The fourth-order valence-corrected chi connectivity index (χ4v) is 2.04. The van der Waals surface area contributed by atoms with Crippen LogP contribution in [0.4, 0.5) is 0 Å². The van der Waals surface area contributed by atoms with Crippen molar-refractivity contribution in [3.63, 3.8) is 0 Å². The van der Waals surface area contributed by atoms with E-state index < -0.39 is 0 Å². The Labute approximate surface area is 81.5 Å². The van der Waals surface area contributed by atoms with E-state index in [9.17, 15) is 4.79 Å². The van der Waals surface area contributed by atoms with Crippen LogP contribution in [0.3, 0.4) is 0 Å². The number of halogens is 1. The van der Waals surface area contributed by atoms with Gasteiger partial charge in [0.1, 0.15) is 0 Å². The number of aromatic nitrogens is 1. The maximum absolute atomic E-state index is 10.5. The maximum Gasteiger partial charge on any atom is 0.162 e. The van der Waals surface area contributed by atoms with Crippen molar-refractivity contribution < 1.29 is 4.79 Å². The zero-order valence-electron chi connectivity index (χ0n) is 5.95. The Morgan fingerprint density at radius 2 is 2.33 bits per heavy atom. The average Bonchev–Trinajstić information content (AvgIpc) is 2.46. The number of carbonyl (C=O) groups is 1. The minimum Gasteiger partial charge on any atom is -0.297 e. The molecular weight excluding hydrogens is 238 g/mol. The van der Waals surface area contributed by atoms with E-state index in [1.807, 2.05) is 18.2 Å². The summed E-state index contributed by atoms with van der Waals surface area (Å²) in [7, 11) is 0. The van der Waals surface area contributed by atoms with E-state index in [1.165, 1.54) is 11.5 Å². The molecule has 0 N–H and O–H groups in total. The molecule has 0 bridgehead atoms. The molecule has 12 heavy (non-hydrogen) atoms. The highest BCUT2D eigenvalue weighted by molar-refractivity contribution is 9.10. The van der Waals surface area contributed by atoms with Crippen molar-refractivity contribution in [2.24, 2.45) is 0 Å². The van der Waals surface area contributed by atoms with Gasteiger partial charge in [-0.05, 0) is 29.7 Å². The van der Waals surface area contributed by atoms with Crippen LogP contribution in [0.25, 0.3) is 10.9 Å². The highest BCUT2D eigenvalue weighted by atomic mass is 79.9. The summed E-state index contributed by atoms with van der Waals surface area (Å²) in [6.45, 7) is 0. The molecule has 2 nitrogen and oxygen atoms in total. The van der Waals surface area contributed by atoms with Crippen LogP contribution in [-0.4, -0.2) is 10.7 Å². The lowest BCUT2D eigenvalue weighted by Crippen LogP contribution is -1.72. The second-order valence-electron chi connectivity index (χ2n) is 2.33. The number of hydrogen-bond acceptors (Lipinski definition) is 3. The van der Waals surface area contributed by atoms with Gasteiger partial charge in [-0.3, -0.25) is 4.79 Å². The first-order chi connectivity index (χ1) is 5.81. The third-order valence-corrected chi connectivity index (χ3v) is 2.87. The van der Waals surface area contributed by atoms with Crippen molar-refractivity contribution in [3.05, 3.63) is 27.5 Å². The first-order valence-electron chi connectivity index (χ1n) is 3.31. The standard InChI is InChI=1S/C8H4BrNOS/c9-5-1-2-7-6(3-5)8(4-11)12-10-7/h1-4H. The summed E-state index contributed by atoms with van der Waals surface area (Å²) >= 11 is 4.57. The number of fused-ring (bicyclic) bond motifs is 1. The van der Waals surface area contributed by atoms with E-state index in [0.29, 0.717) is 4.88 Å². The average molecular weight is 242 g/mol. The molecule has 0 atom stereocenters. The molecule has 0 spiro atoms. The Kier molecular flexibility index (Phi) is 1.94. The molecule has 0 radical (unpaired) electrons. The number of hydrogen-bond donors (Lipinski definition) is 0. The molecule has 0 saturated carbocycles. The molecule has 0 fully saturated rings. The number of benzene rings is 1. The van der Waals surface area contributed by atoms with Gasteiger partial charge in [0.2, 0.25) is 0 Å². The number of nitrogens with zero attached hydrogens (tertiary/aromatic N) is 1. The Bertz CT molecular complexity index is 438. The summed E-state index contributed by atoms with van der Waals surface area (Å²) in [6, 6.07) is 5.71. The van der Waals surface area contributed by atoms with Crippen molar-refractivity contribution in [1.29, 1.82) is 0 Å². The molecular formula is C8H4BrNOS.